The summed E-state index contributed by atoms with van der Waals surface area (Å²) in [7, 11) is 0. The van der Waals surface area contributed by atoms with E-state index in [4.69, 9.17) is 0 Å². The first-order valence-electron chi connectivity index (χ1n) is 6.97. The van der Waals surface area contributed by atoms with Gasteiger partial charge >= 0.3 is 0 Å². The molecule has 0 aromatic heterocycles. The lowest BCUT2D eigenvalue weighted by atomic mass is 10.2. The SMILES string of the molecule is CCN(CCN1CCCC1)Cc1cccc(Br)c1. The molecule has 1 aromatic carbocycles. The van der Waals surface area contributed by atoms with Crippen LogP contribution in [0.1, 0.15) is 25.3 Å². The zero-order chi connectivity index (χ0) is 12.8. The van der Waals surface area contributed by atoms with Gasteiger partial charge in [-0.25, -0.2) is 0 Å². The number of likely N-dealkylation sites (tertiary alicyclic amines) is 1. The molecule has 2 rings (SSSR count). The molecular formula is C15H23BrN2. The fourth-order valence-electron chi connectivity index (χ4n) is 2.53. The van der Waals surface area contributed by atoms with Crippen molar-refractivity contribution in [1.82, 2.24) is 9.80 Å². The number of hydrogen-bond donors (Lipinski definition) is 0. The third kappa shape index (κ3) is 4.38. The first kappa shape index (κ1) is 14.0. The van der Waals surface area contributed by atoms with Crippen molar-refractivity contribution < 1.29 is 0 Å². The summed E-state index contributed by atoms with van der Waals surface area (Å²) in [6.45, 7) is 9.44. The molecule has 18 heavy (non-hydrogen) atoms. The van der Waals surface area contributed by atoms with Crippen molar-refractivity contribution in [3.63, 3.8) is 0 Å². The van der Waals surface area contributed by atoms with E-state index < -0.39 is 0 Å². The van der Waals surface area contributed by atoms with Crippen molar-refractivity contribution in [3.8, 4) is 0 Å². The second kappa shape index (κ2) is 7.27. The quantitative estimate of drug-likeness (QED) is 0.795. The van der Waals surface area contributed by atoms with Crippen LogP contribution >= 0.6 is 15.9 Å². The summed E-state index contributed by atoms with van der Waals surface area (Å²) in [5.74, 6) is 0. The molecule has 0 saturated carbocycles. The molecule has 1 saturated heterocycles. The summed E-state index contributed by atoms with van der Waals surface area (Å²) in [6, 6.07) is 8.64. The minimum Gasteiger partial charge on any atom is -0.302 e. The lowest BCUT2D eigenvalue weighted by Crippen LogP contribution is -2.33. The van der Waals surface area contributed by atoms with Crippen LogP contribution in [-0.2, 0) is 6.54 Å². The summed E-state index contributed by atoms with van der Waals surface area (Å²) in [4.78, 5) is 5.11. The average molecular weight is 311 g/mol. The zero-order valence-corrected chi connectivity index (χ0v) is 12.8. The molecular weight excluding hydrogens is 288 g/mol. The van der Waals surface area contributed by atoms with E-state index >= 15 is 0 Å². The maximum atomic E-state index is 3.54. The highest BCUT2D eigenvalue weighted by molar-refractivity contribution is 9.10. The van der Waals surface area contributed by atoms with Crippen molar-refractivity contribution in [3.05, 3.63) is 34.3 Å². The van der Waals surface area contributed by atoms with E-state index in [2.05, 4.69) is 56.9 Å². The van der Waals surface area contributed by atoms with Gasteiger partial charge in [0.25, 0.3) is 0 Å². The Morgan fingerprint density at radius 2 is 2.06 bits per heavy atom. The Kier molecular flexibility index (Phi) is 5.67. The fraction of sp³-hybridized carbons (Fsp3) is 0.600. The molecule has 0 atom stereocenters. The van der Waals surface area contributed by atoms with Gasteiger partial charge in [0.2, 0.25) is 0 Å². The molecule has 0 spiro atoms. The third-order valence-corrected chi connectivity index (χ3v) is 4.17. The second-order valence-electron chi connectivity index (χ2n) is 5.05. The minimum atomic E-state index is 1.06. The van der Waals surface area contributed by atoms with Crippen molar-refractivity contribution in [2.75, 3.05) is 32.7 Å². The molecule has 1 fully saturated rings. The van der Waals surface area contributed by atoms with Crippen LogP contribution in [0.2, 0.25) is 0 Å². The van der Waals surface area contributed by atoms with Gasteiger partial charge in [-0.15, -0.1) is 0 Å². The van der Waals surface area contributed by atoms with Gasteiger partial charge in [0, 0.05) is 24.1 Å². The molecule has 0 N–H and O–H groups in total. The number of benzene rings is 1. The van der Waals surface area contributed by atoms with E-state index in [9.17, 15) is 0 Å². The van der Waals surface area contributed by atoms with Gasteiger partial charge in [0.15, 0.2) is 0 Å². The Labute approximate surface area is 119 Å². The van der Waals surface area contributed by atoms with Gasteiger partial charge in [0.05, 0.1) is 0 Å². The van der Waals surface area contributed by atoms with E-state index in [1.165, 1.54) is 49.1 Å². The number of nitrogens with zero attached hydrogens (tertiary/aromatic N) is 2. The van der Waals surface area contributed by atoms with Crippen LogP contribution in [0.25, 0.3) is 0 Å². The maximum absolute atomic E-state index is 3.54. The molecule has 2 nitrogen and oxygen atoms in total. The van der Waals surface area contributed by atoms with E-state index in [-0.39, 0.29) is 0 Å². The van der Waals surface area contributed by atoms with E-state index in [1.54, 1.807) is 0 Å². The monoisotopic (exact) mass is 310 g/mol. The van der Waals surface area contributed by atoms with Crippen molar-refractivity contribution in [1.29, 1.82) is 0 Å². The Bertz CT molecular complexity index is 361. The third-order valence-electron chi connectivity index (χ3n) is 3.67. The molecule has 0 bridgehead atoms. The zero-order valence-electron chi connectivity index (χ0n) is 11.2. The smallest absolute Gasteiger partial charge is 0.0234 e. The molecule has 0 aliphatic carbocycles. The largest absolute Gasteiger partial charge is 0.302 e. The number of hydrogen-bond acceptors (Lipinski definition) is 2. The van der Waals surface area contributed by atoms with Gasteiger partial charge in [-0.2, -0.15) is 0 Å². The summed E-state index contributed by atoms with van der Waals surface area (Å²) < 4.78 is 1.18. The van der Waals surface area contributed by atoms with Crippen molar-refractivity contribution in [2.24, 2.45) is 0 Å². The molecule has 0 amide bonds. The second-order valence-corrected chi connectivity index (χ2v) is 5.96. The molecule has 1 heterocycles. The molecule has 100 valence electrons. The first-order chi connectivity index (χ1) is 8.78. The van der Waals surface area contributed by atoms with Gasteiger partial charge in [-0.05, 0) is 50.2 Å². The number of halogens is 1. The summed E-state index contributed by atoms with van der Waals surface area (Å²) in [5, 5.41) is 0. The molecule has 1 aliphatic heterocycles. The fourth-order valence-corrected chi connectivity index (χ4v) is 2.98. The highest BCUT2D eigenvalue weighted by Gasteiger charge is 2.12. The number of rotatable bonds is 6. The van der Waals surface area contributed by atoms with Crippen LogP contribution in [-0.4, -0.2) is 42.5 Å². The maximum Gasteiger partial charge on any atom is 0.0234 e. The standard InChI is InChI=1S/C15H23BrN2/c1-2-17(10-11-18-8-3-4-9-18)13-14-6-5-7-15(16)12-14/h5-7,12H,2-4,8-11,13H2,1H3. The highest BCUT2D eigenvalue weighted by atomic mass is 79.9. The summed E-state index contributed by atoms with van der Waals surface area (Å²) in [6.07, 6.45) is 2.77. The van der Waals surface area contributed by atoms with Crippen LogP contribution in [0, 0.1) is 0 Å². The summed E-state index contributed by atoms with van der Waals surface area (Å²) in [5.41, 5.74) is 1.40. The Hall–Kier alpha value is -0.380. The van der Waals surface area contributed by atoms with Gasteiger partial charge in [0.1, 0.15) is 0 Å². The first-order valence-corrected chi connectivity index (χ1v) is 7.76. The summed E-state index contributed by atoms with van der Waals surface area (Å²) >= 11 is 3.54. The van der Waals surface area contributed by atoms with Crippen LogP contribution in [0.5, 0.6) is 0 Å². The molecule has 1 aliphatic rings. The molecule has 0 unspecified atom stereocenters. The molecule has 0 radical (unpaired) electrons. The van der Waals surface area contributed by atoms with E-state index in [0.29, 0.717) is 0 Å². The number of likely N-dealkylation sites (N-methyl/N-ethyl adjacent to an activating group) is 1. The van der Waals surface area contributed by atoms with Crippen LogP contribution in [0.4, 0.5) is 0 Å². The Morgan fingerprint density at radius 1 is 1.28 bits per heavy atom. The minimum absolute atomic E-state index is 1.06. The molecule has 1 aromatic rings. The van der Waals surface area contributed by atoms with Gasteiger partial charge < -0.3 is 4.90 Å². The van der Waals surface area contributed by atoms with E-state index in [0.717, 1.165) is 13.1 Å². The normalized spacial score (nSPS) is 16.6. The van der Waals surface area contributed by atoms with Gasteiger partial charge in [-0.1, -0.05) is 35.0 Å². The Balaban J connectivity index is 1.81. The van der Waals surface area contributed by atoms with E-state index in [1.807, 2.05) is 0 Å². The average Bonchev–Trinajstić information content (AvgIpc) is 2.87. The van der Waals surface area contributed by atoms with Crippen molar-refractivity contribution >= 4 is 15.9 Å². The Morgan fingerprint density at radius 3 is 2.72 bits per heavy atom. The van der Waals surface area contributed by atoms with Crippen molar-refractivity contribution in [2.45, 2.75) is 26.3 Å². The van der Waals surface area contributed by atoms with Crippen LogP contribution in [0.3, 0.4) is 0 Å². The van der Waals surface area contributed by atoms with Crippen LogP contribution in [0.15, 0.2) is 28.7 Å². The molecule has 3 heteroatoms. The van der Waals surface area contributed by atoms with Crippen LogP contribution < -0.4 is 0 Å². The lowest BCUT2D eigenvalue weighted by molar-refractivity contribution is 0.227. The predicted molar refractivity (Wildman–Crippen MR) is 80.8 cm³/mol. The predicted octanol–water partition coefficient (Wildman–Crippen LogP) is 3.37. The van der Waals surface area contributed by atoms with Gasteiger partial charge in [-0.3, -0.25) is 4.90 Å². The highest BCUT2D eigenvalue weighted by Crippen LogP contribution is 2.14. The topological polar surface area (TPSA) is 6.48 Å². The lowest BCUT2D eigenvalue weighted by Gasteiger charge is -2.24.